The molecule has 0 aliphatic rings. The molecule has 2 aromatic rings. The molecule has 0 radical (unpaired) electrons. The number of ether oxygens (including phenoxy) is 1. The maximum atomic E-state index is 10.1. The highest BCUT2D eigenvalue weighted by Crippen LogP contribution is 2.31. The zero-order chi connectivity index (χ0) is 15.4. The highest BCUT2D eigenvalue weighted by molar-refractivity contribution is 9.10. The van der Waals surface area contributed by atoms with E-state index in [9.17, 15) is 5.11 Å². The number of aromatic hydroxyl groups is 1. The van der Waals surface area contributed by atoms with Gasteiger partial charge in [0, 0.05) is 28.2 Å². The Morgan fingerprint density at radius 3 is 2.33 bits per heavy atom. The first-order chi connectivity index (χ1) is 10.0. The van der Waals surface area contributed by atoms with Crippen molar-refractivity contribution in [3.63, 3.8) is 0 Å². The molecule has 2 rings (SSSR count). The number of benzene rings is 2. The van der Waals surface area contributed by atoms with Gasteiger partial charge in [-0.3, -0.25) is 0 Å². The molecule has 0 saturated carbocycles. The molecule has 0 heterocycles. The first-order valence-electron chi connectivity index (χ1n) is 6.90. The molecule has 0 spiro atoms. The smallest absolute Gasteiger partial charge is 0.124 e. The van der Waals surface area contributed by atoms with Crippen LogP contribution in [0.3, 0.4) is 0 Å². The van der Waals surface area contributed by atoms with E-state index in [2.05, 4.69) is 34.2 Å². The van der Waals surface area contributed by atoms with Crippen LogP contribution < -0.4 is 10.1 Å². The van der Waals surface area contributed by atoms with Crippen LogP contribution in [0.1, 0.15) is 37.1 Å². The van der Waals surface area contributed by atoms with E-state index in [0.717, 1.165) is 10.0 Å². The lowest BCUT2D eigenvalue weighted by Gasteiger charge is -2.22. The van der Waals surface area contributed by atoms with Gasteiger partial charge in [-0.1, -0.05) is 40.2 Å². The molecule has 0 amide bonds. The summed E-state index contributed by atoms with van der Waals surface area (Å²) in [6, 6.07) is 13.7. The van der Waals surface area contributed by atoms with Gasteiger partial charge in [-0.25, -0.2) is 0 Å². The van der Waals surface area contributed by atoms with Crippen molar-refractivity contribution in [2.24, 2.45) is 0 Å². The Morgan fingerprint density at radius 1 is 1.05 bits per heavy atom. The minimum atomic E-state index is 0.0259. The van der Waals surface area contributed by atoms with Gasteiger partial charge in [0.2, 0.25) is 0 Å². The summed E-state index contributed by atoms with van der Waals surface area (Å²) in [5.74, 6) is 0.899. The van der Waals surface area contributed by atoms with Crippen LogP contribution in [0.25, 0.3) is 0 Å². The Hall–Kier alpha value is -1.52. The maximum absolute atomic E-state index is 10.1. The Morgan fingerprint density at radius 2 is 1.71 bits per heavy atom. The van der Waals surface area contributed by atoms with E-state index < -0.39 is 0 Å². The average molecular weight is 350 g/mol. The molecule has 21 heavy (non-hydrogen) atoms. The van der Waals surface area contributed by atoms with Crippen LogP contribution in [0.15, 0.2) is 46.9 Å². The molecule has 0 saturated heterocycles. The molecular weight excluding hydrogens is 330 g/mol. The quantitative estimate of drug-likeness (QED) is 0.830. The van der Waals surface area contributed by atoms with Crippen LogP contribution in [-0.2, 0) is 0 Å². The fourth-order valence-electron chi connectivity index (χ4n) is 2.40. The van der Waals surface area contributed by atoms with Crippen molar-refractivity contribution in [2.75, 3.05) is 7.11 Å². The van der Waals surface area contributed by atoms with Crippen LogP contribution in [0, 0.1) is 0 Å². The van der Waals surface area contributed by atoms with Gasteiger partial charge in [0.1, 0.15) is 11.5 Å². The molecule has 2 atom stereocenters. The zero-order valence-electron chi connectivity index (χ0n) is 12.4. The third-order valence-corrected chi connectivity index (χ3v) is 4.30. The number of nitrogens with one attached hydrogen (secondary N) is 1. The van der Waals surface area contributed by atoms with E-state index in [1.54, 1.807) is 13.2 Å². The highest BCUT2D eigenvalue weighted by atomic mass is 79.9. The summed E-state index contributed by atoms with van der Waals surface area (Å²) < 4.78 is 6.19. The van der Waals surface area contributed by atoms with Crippen LogP contribution in [0.4, 0.5) is 0 Å². The first-order valence-corrected chi connectivity index (χ1v) is 7.69. The minimum Gasteiger partial charge on any atom is -0.507 e. The first kappa shape index (κ1) is 15.9. The number of rotatable bonds is 5. The van der Waals surface area contributed by atoms with Gasteiger partial charge in [0.15, 0.2) is 0 Å². The Labute approximate surface area is 134 Å². The molecule has 2 N–H and O–H groups in total. The summed E-state index contributed by atoms with van der Waals surface area (Å²) in [4.78, 5) is 0. The lowest BCUT2D eigenvalue weighted by molar-refractivity contribution is 0.402. The van der Waals surface area contributed by atoms with E-state index >= 15 is 0 Å². The predicted molar refractivity (Wildman–Crippen MR) is 88.8 cm³/mol. The van der Waals surface area contributed by atoms with Gasteiger partial charge in [0.05, 0.1) is 7.11 Å². The maximum Gasteiger partial charge on any atom is 0.124 e. The van der Waals surface area contributed by atoms with Crippen molar-refractivity contribution in [1.29, 1.82) is 0 Å². The second-order valence-corrected chi connectivity index (χ2v) is 5.91. The molecule has 112 valence electrons. The monoisotopic (exact) mass is 349 g/mol. The topological polar surface area (TPSA) is 41.5 Å². The van der Waals surface area contributed by atoms with Gasteiger partial charge < -0.3 is 15.2 Å². The van der Waals surface area contributed by atoms with E-state index in [4.69, 9.17) is 4.74 Å². The van der Waals surface area contributed by atoms with Crippen LogP contribution in [-0.4, -0.2) is 12.2 Å². The third kappa shape index (κ3) is 3.77. The number of hydrogen-bond donors (Lipinski definition) is 2. The number of phenolic OH excluding ortho intramolecular Hbond substituents is 1. The second-order valence-electron chi connectivity index (χ2n) is 5.06. The summed E-state index contributed by atoms with van der Waals surface area (Å²) in [5.41, 5.74) is 2.05. The molecule has 0 aliphatic heterocycles. The summed E-state index contributed by atoms with van der Waals surface area (Å²) >= 11 is 3.57. The van der Waals surface area contributed by atoms with Gasteiger partial charge in [0.25, 0.3) is 0 Å². The summed E-state index contributed by atoms with van der Waals surface area (Å²) in [6.07, 6.45) is 0. The normalized spacial score (nSPS) is 13.7. The van der Waals surface area contributed by atoms with Crippen molar-refractivity contribution in [3.05, 3.63) is 58.1 Å². The van der Waals surface area contributed by atoms with E-state index in [1.165, 1.54) is 5.56 Å². The molecule has 0 fully saturated rings. The van der Waals surface area contributed by atoms with E-state index in [1.807, 2.05) is 37.3 Å². The molecule has 2 unspecified atom stereocenters. The van der Waals surface area contributed by atoms with Crippen molar-refractivity contribution in [2.45, 2.75) is 25.9 Å². The third-order valence-electron chi connectivity index (χ3n) is 3.58. The molecule has 0 aromatic heterocycles. The molecule has 3 nitrogen and oxygen atoms in total. The van der Waals surface area contributed by atoms with Crippen LogP contribution in [0.5, 0.6) is 11.5 Å². The number of methoxy groups -OCH3 is 1. The average Bonchev–Trinajstić information content (AvgIpc) is 2.47. The van der Waals surface area contributed by atoms with Gasteiger partial charge in [-0.05, 0) is 31.5 Å². The lowest BCUT2D eigenvalue weighted by atomic mass is 10.0. The fraction of sp³-hybridized carbons (Fsp3) is 0.294. The van der Waals surface area contributed by atoms with Crippen molar-refractivity contribution < 1.29 is 9.84 Å². The van der Waals surface area contributed by atoms with Crippen LogP contribution in [0.2, 0.25) is 0 Å². The van der Waals surface area contributed by atoms with Crippen LogP contribution >= 0.6 is 15.9 Å². The molecule has 4 heteroatoms. The SMILES string of the molecule is COc1ccc(C(C)NC(C)c2ccccc2Br)c(O)c1. The van der Waals surface area contributed by atoms with Gasteiger partial charge in [-0.15, -0.1) is 0 Å². The Balaban J connectivity index is 2.14. The van der Waals surface area contributed by atoms with Gasteiger partial charge in [-0.2, -0.15) is 0 Å². The molecule has 0 aliphatic carbocycles. The highest BCUT2D eigenvalue weighted by Gasteiger charge is 2.16. The Bertz CT molecular complexity index is 615. The standard InChI is InChI=1S/C17H20BrNO2/c1-11(14-6-4-5-7-16(14)18)19-12(2)15-9-8-13(21-3)10-17(15)20/h4-12,19-20H,1-3H3. The largest absolute Gasteiger partial charge is 0.507 e. The lowest BCUT2D eigenvalue weighted by Crippen LogP contribution is -2.22. The van der Waals surface area contributed by atoms with Crippen molar-refractivity contribution in [3.8, 4) is 11.5 Å². The number of phenols is 1. The zero-order valence-corrected chi connectivity index (χ0v) is 14.0. The second kappa shape index (κ2) is 6.96. The predicted octanol–water partition coefficient (Wildman–Crippen LogP) is 4.58. The minimum absolute atomic E-state index is 0.0259. The summed E-state index contributed by atoms with van der Waals surface area (Å²) in [6.45, 7) is 4.14. The number of halogens is 1. The summed E-state index contributed by atoms with van der Waals surface area (Å²) in [5, 5.41) is 13.6. The molecule has 2 aromatic carbocycles. The van der Waals surface area contributed by atoms with Crippen molar-refractivity contribution >= 4 is 15.9 Å². The summed E-state index contributed by atoms with van der Waals surface area (Å²) in [7, 11) is 1.59. The molecule has 0 bridgehead atoms. The van der Waals surface area contributed by atoms with Crippen molar-refractivity contribution in [1.82, 2.24) is 5.32 Å². The van der Waals surface area contributed by atoms with E-state index in [-0.39, 0.29) is 17.8 Å². The van der Waals surface area contributed by atoms with Gasteiger partial charge >= 0.3 is 0 Å². The van der Waals surface area contributed by atoms with E-state index in [0.29, 0.717) is 5.75 Å². The molecular formula is C17H20BrNO2. The fourth-order valence-corrected chi connectivity index (χ4v) is 3.03. The Kier molecular flexibility index (Phi) is 5.26. The number of hydrogen-bond acceptors (Lipinski definition) is 3.